The van der Waals surface area contributed by atoms with Crippen LogP contribution in [0.2, 0.25) is 0 Å². The number of ether oxygens (including phenoxy) is 1. The molecule has 0 aliphatic carbocycles. The number of hydrogen-bond donors (Lipinski definition) is 3. The minimum absolute atomic E-state index is 0.0678. The van der Waals surface area contributed by atoms with Crippen LogP contribution in [-0.4, -0.2) is 30.4 Å². The molecule has 0 radical (unpaired) electrons. The van der Waals surface area contributed by atoms with E-state index in [9.17, 15) is 4.79 Å². The smallest absolute Gasteiger partial charge is 0.307 e. The number of methoxy groups -OCH3 is 1. The third-order valence-electron chi connectivity index (χ3n) is 2.02. The molecule has 0 saturated heterocycles. The van der Waals surface area contributed by atoms with Crippen molar-refractivity contribution in [3.8, 4) is 5.75 Å². The second-order valence-corrected chi connectivity index (χ2v) is 3.42. The van der Waals surface area contributed by atoms with E-state index in [2.05, 4.69) is 10.2 Å². The molecule has 18 heavy (non-hydrogen) atoms. The van der Waals surface area contributed by atoms with E-state index in [0.29, 0.717) is 16.9 Å². The van der Waals surface area contributed by atoms with Crippen LogP contribution in [0.25, 0.3) is 0 Å². The summed E-state index contributed by atoms with van der Waals surface area (Å²) in [6, 6.07) is 4.99. The van der Waals surface area contributed by atoms with Gasteiger partial charge in [-0.2, -0.15) is 5.10 Å². The number of nitrogens with zero attached hydrogens (tertiary/aromatic N) is 2. The number of carbonyl (C=O) groups is 1. The molecular weight excluding hydrogens is 236 g/mol. The highest BCUT2D eigenvalue weighted by atomic mass is 16.5. The molecule has 0 amide bonds. The van der Waals surface area contributed by atoms with E-state index in [4.69, 9.17) is 21.3 Å². The molecule has 0 saturated carbocycles. The van der Waals surface area contributed by atoms with Gasteiger partial charge < -0.3 is 21.3 Å². The topological polar surface area (TPSA) is 123 Å². The summed E-state index contributed by atoms with van der Waals surface area (Å²) in [5.74, 6) is -0.546. The highest BCUT2D eigenvalue weighted by Crippen LogP contribution is 2.19. The van der Waals surface area contributed by atoms with E-state index in [1.807, 2.05) is 0 Å². The van der Waals surface area contributed by atoms with Gasteiger partial charge in [-0.3, -0.25) is 4.79 Å². The lowest BCUT2D eigenvalue weighted by atomic mass is 10.1. The second kappa shape index (κ2) is 6.24. The first kappa shape index (κ1) is 13.5. The molecule has 0 aliphatic rings. The molecule has 0 aromatic heterocycles. The maximum Gasteiger partial charge on any atom is 0.307 e. The standard InChI is InChI=1S/C11H14N4O3/c1-18-9-4-7(5-10(16)17)2-3-8(9)6-14-15-11(12)13/h2-4,6H,5H2,1H3,(H,16,17)(H4,12,13,15). The van der Waals surface area contributed by atoms with E-state index in [1.165, 1.54) is 13.3 Å². The molecule has 7 heteroatoms. The molecule has 96 valence electrons. The van der Waals surface area contributed by atoms with Gasteiger partial charge in [0.15, 0.2) is 0 Å². The van der Waals surface area contributed by atoms with Crippen LogP contribution in [-0.2, 0) is 11.2 Å². The molecule has 0 spiro atoms. The maximum atomic E-state index is 10.6. The average molecular weight is 250 g/mol. The zero-order valence-corrected chi connectivity index (χ0v) is 9.83. The lowest BCUT2D eigenvalue weighted by molar-refractivity contribution is -0.136. The summed E-state index contributed by atoms with van der Waals surface area (Å²) in [4.78, 5) is 10.6. The second-order valence-electron chi connectivity index (χ2n) is 3.42. The first-order chi connectivity index (χ1) is 8.52. The molecule has 1 aromatic rings. The van der Waals surface area contributed by atoms with Gasteiger partial charge >= 0.3 is 5.97 Å². The number of guanidine groups is 1. The fraction of sp³-hybridized carbons (Fsp3) is 0.182. The number of carboxylic acids is 1. The third kappa shape index (κ3) is 4.12. The fourth-order valence-corrected chi connectivity index (χ4v) is 1.30. The molecule has 0 aliphatic heterocycles. The summed E-state index contributed by atoms with van der Waals surface area (Å²) < 4.78 is 5.13. The summed E-state index contributed by atoms with van der Waals surface area (Å²) >= 11 is 0. The average Bonchev–Trinajstić information content (AvgIpc) is 2.29. The number of hydrogen-bond acceptors (Lipinski definition) is 4. The predicted molar refractivity (Wildman–Crippen MR) is 67.7 cm³/mol. The van der Waals surface area contributed by atoms with Crippen molar-refractivity contribution in [3.63, 3.8) is 0 Å². The summed E-state index contributed by atoms with van der Waals surface area (Å²) in [6.45, 7) is 0. The fourth-order valence-electron chi connectivity index (χ4n) is 1.30. The molecule has 0 unspecified atom stereocenters. The predicted octanol–water partition coefficient (Wildman–Crippen LogP) is -0.0704. The number of aliphatic carboxylic acids is 1. The van der Waals surface area contributed by atoms with E-state index in [0.717, 1.165) is 0 Å². The lowest BCUT2D eigenvalue weighted by Crippen LogP contribution is -2.21. The third-order valence-corrected chi connectivity index (χ3v) is 2.02. The normalized spacial score (nSPS) is 10.3. The maximum absolute atomic E-state index is 10.6. The number of benzene rings is 1. The minimum atomic E-state index is -0.904. The quantitative estimate of drug-likeness (QED) is 0.383. The van der Waals surface area contributed by atoms with Gasteiger partial charge in [0.05, 0.1) is 19.7 Å². The Labute approximate surface area is 104 Å². The highest BCUT2D eigenvalue weighted by Gasteiger charge is 2.05. The Balaban J connectivity index is 2.96. The van der Waals surface area contributed by atoms with Crippen molar-refractivity contribution in [2.45, 2.75) is 6.42 Å². The Kier molecular flexibility index (Phi) is 4.67. The van der Waals surface area contributed by atoms with Crippen molar-refractivity contribution < 1.29 is 14.6 Å². The van der Waals surface area contributed by atoms with Crippen molar-refractivity contribution >= 4 is 18.1 Å². The SMILES string of the molecule is COc1cc(CC(=O)O)ccc1C=NN=C(N)N. The molecule has 0 heterocycles. The molecular formula is C11H14N4O3. The van der Waals surface area contributed by atoms with E-state index >= 15 is 0 Å². The molecule has 0 fully saturated rings. The number of rotatable bonds is 5. The monoisotopic (exact) mass is 250 g/mol. The van der Waals surface area contributed by atoms with Crippen molar-refractivity contribution in [1.82, 2.24) is 0 Å². The van der Waals surface area contributed by atoms with Gasteiger partial charge in [-0.15, -0.1) is 5.10 Å². The molecule has 0 atom stereocenters. The van der Waals surface area contributed by atoms with Gasteiger partial charge in [0.1, 0.15) is 5.75 Å². The molecule has 5 N–H and O–H groups in total. The Morgan fingerprint density at radius 2 is 2.22 bits per heavy atom. The van der Waals surface area contributed by atoms with Crippen molar-refractivity contribution in [3.05, 3.63) is 29.3 Å². The molecule has 7 nitrogen and oxygen atoms in total. The molecule has 1 rings (SSSR count). The van der Waals surface area contributed by atoms with Crippen LogP contribution in [0, 0.1) is 0 Å². The van der Waals surface area contributed by atoms with Crippen LogP contribution in [0.5, 0.6) is 5.75 Å². The summed E-state index contributed by atoms with van der Waals surface area (Å²) in [5, 5.41) is 15.8. The van der Waals surface area contributed by atoms with Gasteiger partial charge in [0.25, 0.3) is 0 Å². The van der Waals surface area contributed by atoms with E-state index in [-0.39, 0.29) is 12.4 Å². The Morgan fingerprint density at radius 3 is 2.78 bits per heavy atom. The Bertz CT molecular complexity index is 493. The molecule has 0 bridgehead atoms. The van der Waals surface area contributed by atoms with Crippen LogP contribution in [0.4, 0.5) is 0 Å². The Morgan fingerprint density at radius 1 is 1.50 bits per heavy atom. The van der Waals surface area contributed by atoms with Crippen LogP contribution < -0.4 is 16.2 Å². The Hall–Kier alpha value is -2.57. The van der Waals surface area contributed by atoms with Crippen molar-refractivity contribution in [2.24, 2.45) is 21.7 Å². The largest absolute Gasteiger partial charge is 0.496 e. The van der Waals surface area contributed by atoms with Gasteiger partial charge in [0.2, 0.25) is 5.96 Å². The molecule has 1 aromatic carbocycles. The van der Waals surface area contributed by atoms with Gasteiger partial charge in [0, 0.05) is 5.56 Å². The van der Waals surface area contributed by atoms with Gasteiger partial charge in [-0.05, 0) is 17.7 Å². The summed E-state index contributed by atoms with van der Waals surface area (Å²) in [5.41, 5.74) is 11.5. The minimum Gasteiger partial charge on any atom is -0.496 e. The van der Waals surface area contributed by atoms with Crippen LogP contribution in [0.1, 0.15) is 11.1 Å². The van der Waals surface area contributed by atoms with Crippen molar-refractivity contribution in [2.75, 3.05) is 7.11 Å². The van der Waals surface area contributed by atoms with Gasteiger partial charge in [-0.1, -0.05) is 6.07 Å². The number of nitrogens with two attached hydrogens (primary N) is 2. The lowest BCUT2D eigenvalue weighted by Gasteiger charge is -2.06. The van der Waals surface area contributed by atoms with Crippen LogP contribution in [0.3, 0.4) is 0 Å². The zero-order chi connectivity index (χ0) is 13.5. The zero-order valence-electron chi connectivity index (χ0n) is 9.83. The highest BCUT2D eigenvalue weighted by molar-refractivity contribution is 5.85. The van der Waals surface area contributed by atoms with Crippen LogP contribution in [0.15, 0.2) is 28.4 Å². The summed E-state index contributed by atoms with van der Waals surface area (Å²) in [7, 11) is 1.48. The van der Waals surface area contributed by atoms with Crippen LogP contribution >= 0.6 is 0 Å². The van der Waals surface area contributed by atoms with Gasteiger partial charge in [-0.25, -0.2) is 0 Å². The summed E-state index contributed by atoms with van der Waals surface area (Å²) in [6.07, 6.45) is 1.35. The first-order valence-electron chi connectivity index (χ1n) is 5.03. The first-order valence-corrected chi connectivity index (χ1v) is 5.03. The van der Waals surface area contributed by atoms with E-state index < -0.39 is 5.97 Å². The van der Waals surface area contributed by atoms with E-state index in [1.54, 1.807) is 18.2 Å². The van der Waals surface area contributed by atoms with Crippen molar-refractivity contribution in [1.29, 1.82) is 0 Å². The number of carboxylic acid groups (broad SMARTS) is 1.